The largest absolute Gasteiger partial charge is 0.385 e. The molecule has 7 nitrogen and oxygen atoms in total. The van der Waals surface area contributed by atoms with Crippen LogP contribution >= 0.6 is 34.5 Å². The number of likely N-dealkylation sites (tertiary alicyclic amines) is 1. The van der Waals surface area contributed by atoms with Gasteiger partial charge in [0.15, 0.2) is 15.6 Å². The first-order chi connectivity index (χ1) is 19.2. The monoisotopic (exact) mass is 617 g/mol. The van der Waals surface area contributed by atoms with E-state index in [1.165, 1.54) is 42.6 Å². The van der Waals surface area contributed by atoms with Crippen molar-refractivity contribution in [2.24, 2.45) is 0 Å². The molecule has 0 radical (unpaired) electrons. The van der Waals surface area contributed by atoms with E-state index < -0.39 is 21.4 Å². The van der Waals surface area contributed by atoms with Crippen LogP contribution in [-0.4, -0.2) is 55.6 Å². The molecule has 0 amide bonds. The second-order valence-corrected chi connectivity index (χ2v) is 14.3. The van der Waals surface area contributed by atoms with Gasteiger partial charge >= 0.3 is 0 Å². The molecule has 1 N–H and O–H groups in total. The number of anilines is 1. The summed E-state index contributed by atoms with van der Waals surface area (Å²) in [6.45, 7) is 4.37. The zero-order valence-corrected chi connectivity index (χ0v) is 24.9. The molecule has 2 aromatic carbocycles. The van der Waals surface area contributed by atoms with E-state index in [2.05, 4.69) is 10.2 Å². The molecule has 0 aliphatic carbocycles. The molecule has 11 heteroatoms. The number of pyridine rings is 1. The van der Waals surface area contributed by atoms with E-state index >= 15 is 0 Å². The van der Waals surface area contributed by atoms with Crippen LogP contribution in [0.2, 0.25) is 9.36 Å². The minimum atomic E-state index is -3.76. The van der Waals surface area contributed by atoms with Gasteiger partial charge in [0, 0.05) is 30.2 Å². The molecule has 1 aliphatic rings. The van der Waals surface area contributed by atoms with Crippen molar-refractivity contribution in [3.05, 3.63) is 86.1 Å². The number of rotatable bonds is 11. The van der Waals surface area contributed by atoms with Crippen LogP contribution < -0.4 is 10.9 Å². The number of benzene rings is 2. The number of thiophene rings is 1. The van der Waals surface area contributed by atoms with Crippen LogP contribution in [-0.2, 0) is 21.1 Å². The molecular weight excluding hydrogens is 589 g/mol. The molecule has 210 valence electrons. The lowest BCUT2D eigenvalue weighted by Gasteiger charge is -2.15. The smallest absolute Gasteiger partial charge is 0.262 e. The van der Waals surface area contributed by atoms with Gasteiger partial charge in [0.2, 0.25) is 0 Å². The van der Waals surface area contributed by atoms with Gasteiger partial charge in [0.1, 0.15) is 9.96 Å². The van der Waals surface area contributed by atoms with Gasteiger partial charge in [-0.1, -0.05) is 29.3 Å². The molecule has 0 bridgehead atoms. The first-order valence-corrected chi connectivity index (χ1v) is 16.3. The van der Waals surface area contributed by atoms with E-state index in [-0.39, 0.29) is 21.2 Å². The Morgan fingerprint density at radius 1 is 1.00 bits per heavy atom. The predicted octanol–water partition coefficient (Wildman–Crippen LogP) is 5.84. The maximum atomic E-state index is 13.3. The Kier molecular flexibility index (Phi) is 8.97. The zero-order chi connectivity index (χ0) is 28.3. The Morgan fingerprint density at radius 2 is 1.80 bits per heavy atom. The van der Waals surface area contributed by atoms with Crippen LogP contribution in [0.4, 0.5) is 5.69 Å². The average molecular weight is 619 g/mol. The van der Waals surface area contributed by atoms with Gasteiger partial charge in [-0.3, -0.25) is 14.2 Å². The van der Waals surface area contributed by atoms with Crippen molar-refractivity contribution in [3.63, 3.8) is 0 Å². The highest BCUT2D eigenvalue weighted by Crippen LogP contribution is 2.27. The van der Waals surface area contributed by atoms with Crippen molar-refractivity contribution in [1.82, 2.24) is 9.47 Å². The number of fused-ring (bicyclic) bond motifs is 1. The molecule has 2 aromatic heterocycles. The van der Waals surface area contributed by atoms with Gasteiger partial charge < -0.3 is 10.2 Å². The molecule has 40 heavy (non-hydrogen) atoms. The van der Waals surface area contributed by atoms with Crippen molar-refractivity contribution < 1.29 is 13.2 Å². The minimum Gasteiger partial charge on any atom is -0.385 e. The normalized spacial score (nSPS) is 14.2. The van der Waals surface area contributed by atoms with E-state index in [4.69, 9.17) is 23.2 Å². The first kappa shape index (κ1) is 28.8. The van der Waals surface area contributed by atoms with Gasteiger partial charge in [-0.2, -0.15) is 0 Å². The summed E-state index contributed by atoms with van der Waals surface area (Å²) < 4.78 is 26.9. The second kappa shape index (κ2) is 12.4. The molecule has 0 saturated carbocycles. The molecule has 1 saturated heterocycles. The summed E-state index contributed by atoms with van der Waals surface area (Å²) in [4.78, 5) is 28.3. The number of carbonyl (C=O) groups is 1. The number of nitrogens with one attached hydrogen (secondary N) is 1. The third-order valence-electron chi connectivity index (χ3n) is 6.96. The van der Waals surface area contributed by atoms with E-state index in [9.17, 15) is 18.0 Å². The number of ketones is 1. The Morgan fingerprint density at radius 3 is 2.52 bits per heavy atom. The lowest BCUT2D eigenvalue weighted by Crippen LogP contribution is -2.22. The maximum absolute atomic E-state index is 13.3. The molecule has 5 rings (SSSR count). The number of sulfone groups is 1. The summed E-state index contributed by atoms with van der Waals surface area (Å²) in [5.74, 6) is -1.08. The minimum absolute atomic E-state index is 0.0651. The van der Waals surface area contributed by atoms with Gasteiger partial charge in [-0.15, -0.1) is 11.3 Å². The summed E-state index contributed by atoms with van der Waals surface area (Å²) >= 11 is 13.3. The van der Waals surface area contributed by atoms with Crippen LogP contribution in [0.25, 0.3) is 16.5 Å². The van der Waals surface area contributed by atoms with Crippen LogP contribution in [0.3, 0.4) is 0 Å². The summed E-state index contributed by atoms with van der Waals surface area (Å²) in [5.41, 5.74) is 1.81. The second-order valence-electron chi connectivity index (χ2n) is 9.94. The highest BCUT2D eigenvalue weighted by atomic mass is 35.5. The molecule has 0 spiro atoms. The Balaban J connectivity index is 1.25. The number of nitrogens with zero attached hydrogens (tertiary/aromatic N) is 2. The average Bonchev–Trinajstić information content (AvgIpc) is 3.59. The van der Waals surface area contributed by atoms with Crippen LogP contribution in [0.5, 0.6) is 0 Å². The maximum Gasteiger partial charge on any atom is 0.262 e. The van der Waals surface area contributed by atoms with E-state index in [1.807, 2.05) is 24.3 Å². The van der Waals surface area contributed by atoms with Gasteiger partial charge in [0.25, 0.3) is 5.56 Å². The van der Waals surface area contributed by atoms with Crippen LogP contribution in [0.15, 0.2) is 69.8 Å². The lowest BCUT2D eigenvalue weighted by molar-refractivity contribution is -0.116. The fraction of sp³-hybridized carbons (Fsp3) is 0.310. The van der Waals surface area contributed by atoms with E-state index in [1.54, 1.807) is 24.4 Å². The number of halogens is 2. The summed E-state index contributed by atoms with van der Waals surface area (Å²) in [6, 6.07) is 15.4. The Bertz CT molecular complexity index is 1710. The molecule has 1 fully saturated rings. The number of aromatic nitrogens is 1. The summed E-state index contributed by atoms with van der Waals surface area (Å²) in [7, 11) is -3.76. The van der Waals surface area contributed by atoms with Crippen molar-refractivity contribution in [2.45, 2.75) is 29.9 Å². The van der Waals surface area contributed by atoms with Crippen LogP contribution in [0.1, 0.15) is 24.8 Å². The van der Waals surface area contributed by atoms with Crippen molar-refractivity contribution >= 4 is 66.6 Å². The quantitative estimate of drug-likeness (QED) is 0.213. The Hall–Kier alpha value is -2.69. The van der Waals surface area contributed by atoms with E-state index in [0.717, 1.165) is 41.9 Å². The van der Waals surface area contributed by atoms with Crippen molar-refractivity contribution in [3.8, 4) is 5.69 Å². The molecule has 0 atom stereocenters. The van der Waals surface area contributed by atoms with Gasteiger partial charge in [-0.05, 0) is 98.4 Å². The van der Waals surface area contributed by atoms with Crippen LogP contribution in [0, 0.1) is 0 Å². The van der Waals surface area contributed by atoms with Gasteiger partial charge in [-0.25, -0.2) is 8.42 Å². The lowest BCUT2D eigenvalue weighted by atomic mass is 10.1. The predicted molar refractivity (Wildman–Crippen MR) is 163 cm³/mol. The topological polar surface area (TPSA) is 88.5 Å². The number of hydrogen-bond donors (Lipinski definition) is 1. The highest BCUT2D eigenvalue weighted by Gasteiger charge is 2.22. The molecule has 1 aliphatic heterocycles. The molecular formula is C29H29Cl2N3O4S2. The fourth-order valence-electron chi connectivity index (χ4n) is 4.97. The summed E-state index contributed by atoms with van der Waals surface area (Å²) in [5, 5.41) is 5.14. The molecule has 0 unspecified atom stereocenters. The Labute approximate surface area is 247 Å². The zero-order valence-electron chi connectivity index (χ0n) is 21.7. The summed E-state index contributed by atoms with van der Waals surface area (Å²) in [6.07, 6.45) is 5.25. The molecule has 3 heterocycles. The fourth-order valence-corrected chi connectivity index (χ4v) is 8.08. The number of hydrogen-bond acceptors (Lipinski definition) is 7. The van der Waals surface area contributed by atoms with Crippen molar-refractivity contribution in [2.75, 3.05) is 37.2 Å². The van der Waals surface area contributed by atoms with Gasteiger partial charge in [0.05, 0.1) is 15.0 Å². The van der Waals surface area contributed by atoms with Crippen molar-refractivity contribution in [1.29, 1.82) is 0 Å². The number of Topliss-reactive ketones (excluding diaryl/α,β-unsaturated/α-hetero) is 1. The number of carbonyl (C=O) groups excluding carboxylic acids is 1. The molecule has 4 aromatic rings. The first-order valence-electron chi connectivity index (χ1n) is 13.1. The highest BCUT2D eigenvalue weighted by molar-refractivity contribution is 7.94. The third kappa shape index (κ3) is 6.78. The third-order valence-corrected chi connectivity index (χ3v) is 10.8. The SMILES string of the molecule is O=C(Cc1ccc(-n2ccc3cc(NCCCN4CCCC4)ccc3c2=O)c(Cl)c1)CS(=O)(=O)c1ccc(Cl)s1. The van der Waals surface area contributed by atoms with E-state index in [0.29, 0.717) is 21.0 Å². The standard InChI is InChI=1S/C29H29Cl2N3O4S2/c30-25-17-20(16-23(35)19-40(37,38)28-9-8-27(31)39-28)4-7-26(25)34-15-10-21-18-22(5-6-24(21)29(34)36)32-11-3-14-33-12-1-2-13-33/h4-10,15,17-18,32H,1-3,11-14,16,19H2.